The summed E-state index contributed by atoms with van der Waals surface area (Å²) in [4.78, 5) is 0. The van der Waals surface area contributed by atoms with Crippen LogP contribution in [0.3, 0.4) is 0 Å². The quantitative estimate of drug-likeness (QED) is 0.160. The van der Waals surface area contributed by atoms with Gasteiger partial charge in [0, 0.05) is 40.3 Å². The molecule has 0 aliphatic rings. The Morgan fingerprint density at radius 1 is 0.278 bits per heavy atom. The van der Waals surface area contributed by atoms with E-state index in [2.05, 4.69) is 182 Å². The molecule has 0 aliphatic carbocycles. The molecular formula is C52H30S2. The van der Waals surface area contributed by atoms with Crippen LogP contribution < -0.4 is 0 Å². The van der Waals surface area contributed by atoms with E-state index < -0.39 is 0 Å². The highest BCUT2D eigenvalue weighted by Gasteiger charge is 2.23. The minimum atomic E-state index is 1.24. The van der Waals surface area contributed by atoms with Gasteiger partial charge in [0.05, 0.1) is 0 Å². The first-order valence-corrected chi connectivity index (χ1v) is 20.1. The fourth-order valence-electron chi connectivity index (χ4n) is 9.12. The standard InChI is InChI=1S/C52H30S2/c1-2-14-31(15-3-1)34-26-27-41(36-19-7-6-18-35(34)36)48-37-20-8-10-22-39(37)49(40-23-11-9-21-38(40)48)44-30-47-51(52-50(44)42-24-12-13-25-45(42)54-52)43-28-32-16-4-5-17-33(32)29-46(43)53-47/h1-30H. The lowest BCUT2D eigenvalue weighted by Crippen LogP contribution is -1.93. The van der Waals surface area contributed by atoms with E-state index in [9.17, 15) is 0 Å². The minimum Gasteiger partial charge on any atom is -0.135 e. The maximum atomic E-state index is 2.52. The summed E-state index contributed by atoms with van der Waals surface area (Å²) in [7, 11) is 0. The van der Waals surface area contributed by atoms with Gasteiger partial charge in [0.15, 0.2) is 0 Å². The van der Waals surface area contributed by atoms with E-state index in [0.717, 1.165) is 0 Å². The van der Waals surface area contributed by atoms with Crippen molar-refractivity contribution in [2.24, 2.45) is 0 Å². The van der Waals surface area contributed by atoms with Gasteiger partial charge in [-0.1, -0.05) is 158 Å². The van der Waals surface area contributed by atoms with Gasteiger partial charge in [0.1, 0.15) is 0 Å². The monoisotopic (exact) mass is 718 g/mol. The molecule has 2 heterocycles. The zero-order chi connectivity index (χ0) is 35.3. The van der Waals surface area contributed by atoms with Crippen molar-refractivity contribution in [2.75, 3.05) is 0 Å². The van der Waals surface area contributed by atoms with Crippen LogP contribution in [0.25, 0.3) is 117 Å². The molecule has 0 N–H and O–H groups in total. The molecule has 0 aliphatic heterocycles. The predicted octanol–water partition coefficient (Wildman–Crippen LogP) is 16.0. The van der Waals surface area contributed by atoms with Crippen molar-refractivity contribution in [3.8, 4) is 33.4 Å². The summed E-state index contributed by atoms with van der Waals surface area (Å²) in [6.45, 7) is 0. The number of benzene rings is 10. The molecule has 0 amide bonds. The van der Waals surface area contributed by atoms with E-state index in [4.69, 9.17) is 0 Å². The summed E-state index contributed by atoms with van der Waals surface area (Å²) in [5, 5.41) is 15.7. The van der Waals surface area contributed by atoms with Crippen LogP contribution in [0.4, 0.5) is 0 Å². The number of hydrogen-bond donors (Lipinski definition) is 0. The van der Waals surface area contributed by atoms with E-state index in [1.54, 1.807) is 0 Å². The number of rotatable bonds is 3. The van der Waals surface area contributed by atoms with Gasteiger partial charge in [-0.3, -0.25) is 0 Å². The van der Waals surface area contributed by atoms with Gasteiger partial charge in [0.2, 0.25) is 0 Å². The van der Waals surface area contributed by atoms with Crippen molar-refractivity contribution in [3.63, 3.8) is 0 Å². The van der Waals surface area contributed by atoms with Crippen molar-refractivity contribution in [1.29, 1.82) is 0 Å². The molecule has 12 aromatic rings. The Labute approximate surface area is 319 Å². The number of fused-ring (bicyclic) bond motifs is 11. The van der Waals surface area contributed by atoms with Crippen molar-refractivity contribution in [3.05, 3.63) is 182 Å². The van der Waals surface area contributed by atoms with Gasteiger partial charge >= 0.3 is 0 Å². The molecule has 2 aromatic heterocycles. The first kappa shape index (κ1) is 30.2. The lowest BCUT2D eigenvalue weighted by molar-refractivity contribution is 1.64. The highest BCUT2D eigenvalue weighted by atomic mass is 32.1. The predicted molar refractivity (Wildman–Crippen MR) is 239 cm³/mol. The summed E-state index contributed by atoms with van der Waals surface area (Å²) in [6, 6.07) is 67.7. The van der Waals surface area contributed by atoms with E-state index in [-0.39, 0.29) is 0 Å². The zero-order valence-electron chi connectivity index (χ0n) is 29.1. The Bertz CT molecular complexity index is 3430. The highest BCUT2D eigenvalue weighted by molar-refractivity contribution is 7.30. The van der Waals surface area contributed by atoms with Crippen molar-refractivity contribution >= 4 is 106 Å². The van der Waals surface area contributed by atoms with Gasteiger partial charge in [-0.15, -0.1) is 22.7 Å². The van der Waals surface area contributed by atoms with E-state index >= 15 is 0 Å². The van der Waals surface area contributed by atoms with Crippen LogP contribution >= 0.6 is 22.7 Å². The molecule has 0 radical (unpaired) electrons. The SMILES string of the molecule is c1ccc(-c2ccc(-c3c4ccccc4c(-c4cc5sc6cc7ccccc7cc6c5c5sc6ccccc6c45)c4ccccc34)c3ccccc23)cc1. The Hall–Kier alpha value is -6.32. The third-order valence-electron chi connectivity index (χ3n) is 11.4. The molecule has 0 fully saturated rings. The van der Waals surface area contributed by atoms with Gasteiger partial charge in [0.25, 0.3) is 0 Å². The van der Waals surface area contributed by atoms with Gasteiger partial charge in [-0.05, 0) is 101 Å². The van der Waals surface area contributed by atoms with E-state index in [0.29, 0.717) is 0 Å². The molecular weight excluding hydrogens is 689 g/mol. The highest BCUT2D eigenvalue weighted by Crippen LogP contribution is 2.53. The van der Waals surface area contributed by atoms with Crippen LogP contribution in [0.1, 0.15) is 0 Å². The molecule has 54 heavy (non-hydrogen) atoms. The second kappa shape index (κ2) is 11.6. The molecule has 0 spiro atoms. The van der Waals surface area contributed by atoms with E-state index in [1.165, 1.54) is 117 Å². The Morgan fingerprint density at radius 3 is 1.48 bits per heavy atom. The lowest BCUT2D eigenvalue weighted by Gasteiger charge is -2.20. The summed E-state index contributed by atoms with van der Waals surface area (Å²) in [6.07, 6.45) is 0. The Morgan fingerprint density at radius 2 is 0.796 bits per heavy atom. The largest absolute Gasteiger partial charge is 0.135 e. The van der Waals surface area contributed by atoms with Crippen LogP contribution in [0.15, 0.2) is 182 Å². The molecule has 2 heteroatoms. The average molecular weight is 719 g/mol. The topological polar surface area (TPSA) is 0 Å². The molecule has 10 aromatic carbocycles. The van der Waals surface area contributed by atoms with Crippen LogP contribution in [-0.2, 0) is 0 Å². The molecule has 0 atom stereocenters. The summed E-state index contributed by atoms with van der Waals surface area (Å²) < 4.78 is 5.39. The van der Waals surface area contributed by atoms with Crippen LogP contribution in [0.2, 0.25) is 0 Å². The second-order valence-corrected chi connectivity index (χ2v) is 16.4. The number of hydrogen-bond acceptors (Lipinski definition) is 2. The minimum absolute atomic E-state index is 1.24. The van der Waals surface area contributed by atoms with Crippen molar-refractivity contribution in [2.45, 2.75) is 0 Å². The second-order valence-electron chi connectivity index (χ2n) is 14.3. The zero-order valence-corrected chi connectivity index (χ0v) is 30.8. The summed E-state index contributed by atoms with van der Waals surface area (Å²) in [5.41, 5.74) is 7.69. The van der Waals surface area contributed by atoms with Gasteiger partial charge in [-0.2, -0.15) is 0 Å². The fraction of sp³-hybridized carbons (Fsp3) is 0. The smallest absolute Gasteiger partial charge is 0.0454 e. The maximum Gasteiger partial charge on any atom is 0.0454 e. The van der Waals surface area contributed by atoms with Gasteiger partial charge in [-0.25, -0.2) is 0 Å². The fourth-order valence-corrected chi connectivity index (χ4v) is 11.7. The number of thiophene rings is 2. The summed E-state index contributed by atoms with van der Waals surface area (Å²) in [5.74, 6) is 0. The maximum absolute atomic E-state index is 2.52. The molecule has 250 valence electrons. The Kier molecular flexibility index (Phi) is 6.48. The Balaban J connectivity index is 1.22. The van der Waals surface area contributed by atoms with Gasteiger partial charge < -0.3 is 0 Å². The molecule has 0 nitrogen and oxygen atoms in total. The third kappa shape index (κ3) is 4.30. The van der Waals surface area contributed by atoms with E-state index in [1.807, 2.05) is 22.7 Å². The molecule has 0 saturated carbocycles. The van der Waals surface area contributed by atoms with Crippen LogP contribution in [0.5, 0.6) is 0 Å². The molecule has 0 unspecified atom stereocenters. The molecule has 12 rings (SSSR count). The average Bonchev–Trinajstić information content (AvgIpc) is 3.80. The summed E-state index contributed by atoms with van der Waals surface area (Å²) >= 11 is 3.87. The van der Waals surface area contributed by atoms with Crippen molar-refractivity contribution in [1.82, 2.24) is 0 Å². The normalized spacial score (nSPS) is 12.1. The molecule has 0 saturated heterocycles. The first-order valence-electron chi connectivity index (χ1n) is 18.5. The lowest BCUT2D eigenvalue weighted by atomic mass is 9.83. The molecule has 0 bridgehead atoms. The third-order valence-corrected chi connectivity index (χ3v) is 13.7. The van der Waals surface area contributed by atoms with Crippen LogP contribution in [0, 0.1) is 0 Å². The first-order chi connectivity index (χ1) is 26.8. The van der Waals surface area contributed by atoms with Crippen molar-refractivity contribution < 1.29 is 0 Å². The van der Waals surface area contributed by atoms with Crippen LogP contribution in [-0.4, -0.2) is 0 Å².